The summed E-state index contributed by atoms with van der Waals surface area (Å²) in [7, 11) is 0. The lowest BCUT2D eigenvalue weighted by Crippen LogP contribution is -2.22. The summed E-state index contributed by atoms with van der Waals surface area (Å²) in [6, 6.07) is 4.06. The summed E-state index contributed by atoms with van der Waals surface area (Å²) in [5.74, 6) is 1.61. The maximum atomic E-state index is 6.34. The molecule has 0 spiro atoms. The molecule has 1 aliphatic rings. The summed E-state index contributed by atoms with van der Waals surface area (Å²) in [6.45, 7) is 10.7. The molecule has 5 heteroatoms. The van der Waals surface area contributed by atoms with E-state index in [1.165, 1.54) is 13.0 Å². The van der Waals surface area contributed by atoms with Crippen LogP contribution in [0.25, 0.3) is 11.2 Å². The van der Waals surface area contributed by atoms with Crippen molar-refractivity contribution < 1.29 is 0 Å². The quantitative estimate of drug-likeness (QED) is 0.812. The Morgan fingerprint density at radius 1 is 1.38 bits per heavy atom. The normalized spacial score (nSPS) is 21.2. The van der Waals surface area contributed by atoms with Crippen molar-refractivity contribution in [3.05, 3.63) is 23.7 Å². The maximum absolute atomic E-state index is 6.34. The first-order valence-corrected chi connectivity index (χ1v) is 8.22. The number of pyridine rings is 1. The van der Waals surface area contributed by atoms with Crippen LogP contribution >= 0.6 is 11.6 Å². The van der Waals surface area contributed by atoms with E-state index >= 15 is 0 Å². The molecule has 114 valence electrons. The number of imidazole rings is 1. The topological polar surface area (TPSA) is 34.0 Å². The molecular formula is C16H23ClN4. The number of aryl methyl sites for hydroxylation is 1. The van der Waals surface area contributed by atoms with E-state index < -0.39 is 0 Å². The molecule has 2 aromatic heterocycles. The summed E-state index contributed by atoms with van der Waals surface area (Å²) < 4.78 is 2.24. The Morgan fingerprint density at radius 2 is 2.19 bits per heavy atom. The first-order valence-electron chi connectivity index (χ1n) is 7.78. The lowest BCUT2D eigenvalue weighted by atomic mass is 10.1. The molecule has 21 heavy (non-hydrogen) atoms. The van der Waals surface area contributed by atoms with Crippen LogP contribution in [0.3, 0.4) is 0 Å². The molecule has 0 amide bonds. The molecule has 0 aliphatic carbocycles. The van der Waals surface area contributed by atoms with Gasteiger partial charge in [-0.15, -0.1) is 11.6 Å². The van der Waals surface area contributed by atoms with Gasteiger partial charge in [-0.1, -0.05) is 6.92 Å². The average Bonchev–Trinajstić information content (AvgIpc) is 3.04. The highest BCUT2D eigenvalue weighted by Crippen LogP contribution is 2.27. The molecule has 2 unspecified atom stereocenters. The fraction of sp³-hybridized carbons (Fsp3) is 0.625. The predicted octanol–water partition coefficient (Wildman–Crippen LogP) is 3.38. The Labute approximate surface area is 131 Å². The van der Waals surface area contributed by atoms with Crippen LogP contribution in [0.4, 0.5) is 0 Å². The zero-order chi connectivity index (χ0) is 15.0. The van der Waals surface area contributed by atoms with Gasteiger partial charge >= 0.3 is 0 Å². The highest BCUT2D eigenvalue weighted by atomic mass is 35.5. The monoisotopic (exact) mass is 306 g/mol. The van der Waals surface area contributed by atoms with Crippen molar-refractivity contribution in [3.8, 4) is 0 Å². The van der Waals surface area contributed by atoms with Gasteiger partial charge in [0.2, 0.25) is 0 Å². The number of aromatic nitrogens is 3. The van der Waals surface area contributed by atoms with Crippen LogP contribution < -0.4 is 0 Å². The Bertz CT molecular complexity index is 634. The largest absolute Gasteiger partial charge is 0.311 e. The van der Waals surface area contributed by atoms with E-state index in [1.807, 2.05) is 26.0 Å². The molecule has 0 bridgehead atoms. The number of hydrogen-bond acceptors (Lipinski definition) is 3. The second kappa shape index (κ2) is 5.93. The summed E-state index contributed by atoms with van der Waals surface area (Å²) in [4.78, 5) is 11.9. The first kappa shape index (κ1) is 14.8. The molecule has 2 aromatic rings. The highest BCUT2D eigenvalue weighted by molar-refractivity contribution is 6.20. The fourth-order valence-corrected chi connectivity index (χ4v) is 3.37. The van der Waals surface area contributed by atoms with Crippen LogP contribution in [-0.4, -0.2) is 39.1 Å². The van der Waals surface area contributed by atoms with E-state index in [4.69, 9.17) is 11.6 Å². The maximum Gasteiger partial charge on any atom is 0.160 e. The van der Waals surface area contributed by atoms with E-state index in [-0.39, 0.29) is 5.38 Å². The molecule has 3 rings (SSSR count). The van der Waals surface area contributed by atoms with Gasteiger partial charge in [-0.05, 0) is 51.4 Å². The van der Waals surface area contributed by atoms with Gasteiger partial charge < -0.3 is 9.47 Å². The van der Waals surface area contributed by atoms with Crippen molar-refractivity contribution in [1.29, 1.82) is 0 Å². The van der Waals surface area contributed by atoms with Gasteiger partial charge in [-0.25, -0.2) is 9.97 Å². The first-order chi connectivity index (χ1) is 10.1. The number of halogens is 1. The van der Waals surface area contributed by atoms with Gasteiger partial charge in [0.05, 0.1) is 5.38 Å². The Hall–Kier alpha value is -1.13. The molecule has 3 heterocycles. The number of alkyl halides is 1. The zero-order valence-electron chi connectivity index (χ0n) is 13.0. The molecule has 0 aromatic carbocycles. The van der Waals surface area contributed by atoms with Crippen molar-refractivity contribution >= 4 is 22.8 Å². The van der Waals surface area contributed by atoms with Gasteiger partial charge in [-0.3, -0.25) is 0 Å². The lowest BCUT2D eigenvalue weighted by Gasteiger charge is -2.16. The lowest BCUT2D eigenvalue weighted by molar-refractivity contribution is 0.332. The SMILES string of the molecule is CCN1CCC(Cn2c(C(C)Cl)nc3ccc(C)nc32)C1. The predicted molar refractivity (Wildman–Crippen MR) is 86.8 cm³/mol. The number of nitrogens with zero attached hydrogens (tertiary/aromatic N) is 4. The highest BCUT2D eigenvalue weighted by Gasteiger charge is 2.24. The third-order valence-electron chi connectivity index (χ3n) is 4.37. The standard InChI is InChI=1S/C16H23ClN4/c1-4-20-8-7-13(9-20)10-21-15(12(3)17)19-14-6-5-11(2)18-16(14)21/h5-6,12-13H,4,7-10H2,1-3H3. The smallest absolute Gasteiger partial charge is 0.160 e. The van der Waals surface area contributed by atoms with E-state index in [2.05, 4.69) is 26.4 Å². The molecule has 1 aliphatic heterocycles. The zero-order valence-corrected chi connectivity index (χ0v) is 13.8. The number of fused-ring (bicyclic) bond motifs is 1. The minimum Gasteiger partial charge on any atom is -0.311 e. The van der Waals surface area contributed by atoms with Gasteiger partial charge in [0.25, 0.3) is 0 Å². The van der Waals surface area contributed by atoms with Crippen molar-refractivity contribution in [2.45, 2.75) is 39.1 Å². The van der Waals surface area contributed by atoms with Crippen LogP contribution in [0.15, 0.2) is 12.1 Å². The Morgan fingerprint density at radius 3 is 2.86 bits per heavy atom. The van der Waals surface area contributed by atoms with Crippen molar-refractivity contribution in [2.24, 2.45) is 5.92 Å². The molecule has 1 saturated heterocycles. The summed E-state index contributed by atoms with van der Waals surface area (Å²) >= 11 is 6.34. The van der Waals surface area contributed by atoms with Crippen LogP contribution in [0, 0.1) is 12.8 Å². The van der Waals surface area contributed by atoms with E-state index in [0.29, 0.717) is 5.92 Å². The molecule has 0 saturated carbocycles. The van der Waals surface area contributed by atoms with Crippen LogP contribution in [0.2, 0.25) is 0 Å². The summed E-state index contributed by atoms with van der Waals surface area (Å²) in [5, 5.41) is -0.0943. The van der Waals surface area contributed by atoms with Gasteiger partial charge in [0.15, 0.2) is 5.65 Å². The number of hydrogen-bond donors (Lipinski definition) is 0. The fourth-order valence-electron chi connectivity index (χ4n) is 3.20. The molecule has 1 fully saturated rings. The number of likely N-dealkylation sites (tertiary alicyclic amines) is 1. The van der Waals surface area contributed by atoms with E-state index in [9.17, 15) is 0 Å². The second-order valence-electron chi connectivity index (χ2n) is 6.04. The van der Waals surface area contributed by atoms with Gasteiger partial charge in [0.1, 0.15) is 11.3 Å². The van der Waals surface area contributed by atoms with Crippen molar-refractivity contribution in [1.82, 2.24) is 19.4 Å². The third-order valence-corrected chi connectivity index (χ3v) is 4.57. The molecular weight excluding hydrogens is 284 g/mol. The van der Waals surface area contributed by atoms with Crippen molar-refractivity contribution in [3.63, 3.8) is 0 Å². The van der Waals surface area contributed by atoms with Crippen molar-refractivity contribution in [2.75, 3.05) is 19.6 Å². The van der Waals surface area contributed by atoms with E-state index in [0.717, 1.165) is 42.3 Å². The number of rotatable bonds is 4. The minimum atomic E-state index is -0.0943. The van der Waals surface area contributed by atoms with Gasteiger partial charge in [-0.2, -0.15) is 0 Å². The molecule has 2 atom stereocenters. The molecule has 0 radical (unpaired) electrons. The Kier molecular flexibility index (Phi) is 4.18. The Balaban J connectivity index is 1.95. The molecule has 0 N–H and O–H groups in total. The van der Waals surface area contributed by atoms with Crippen LogP contribution in [0.1, 0.15) is 37.2 Å². The van der Waals surface area contributed by atoms with Gasteiger partial charge in [0, 0.05) is 18.8 Å². The average molecular weight is 307 g/mol. The van der Waals surface area contributed by atoms with Crippen LogP contribution in [0.5, 0.6) is 0 Å². The van der Waals surface area contributed by atoms with Crippen LogP contribution in [-0.2, 0) is 6.54 Å². The minimum absolute atomic E-state index is 0.0943. The summed E-state index contributed by atoms with van der Waals surface area (Å²) in [6.07, 6.45) is 1.25. The molecule has 4 nitrogen and oxygen atoms in total. The third kappa shape index (κ3) is 2.92. The second-order valence-corrected chi connectivity index (χ2v) is 6.69. The summed E-state index contributed by atoms with van der Waals surface area (Å²) in [5.41, 5.74) is 2.96. The van der Waals surface area contributed by atoms with E-state index in [1.54, 1.807) is 0 Å².